The van der Waals surface area contributed by atoms with Crippen molar-refractivity contribution in [1.29, 1.82) is 0 Å². The van der Waals surface area contributed by atoms with Crippen molar-refractivity contribution in [2.75, 3.05) is 11.8 Å². The van der Waals surface area contributed by atoms with Crippen LogP contribution >= 0.6 is 10.7 Å². The highest BCUT2D eigenvalue weighted by molar-refractivity contribution is 8.13. The molecular weight excluding hydrogens is 340 g/mol. The average Bonchev–Trinajstić information content (AvgIpc) is 2.12. The van der Waals surface area contributed by atoms with Crippen molar-refractivity contribution in [3.63, 3.8) is 0 Å². The summed E-state index contributed by atoms with van der Waals surface area (Å²) in [6.07, 6.45) is 0. The summed E-state index contributed by atoms with van der Waals surface area (Å²) >= 11 is 0. The van der Waals surface area contributed by atoms with E-state index >= 15 is 0 Å². The minimum atomic E-state index is -3.56. The van der Waals surface area contributed by atoms with E-state index in [0.29, 0.717) is 6.04 Å². The summed E-state index contributed by atoms with van der Waals surface area (Å²) < 4.78 is 43.3. The lowest BCUT2D eigenvalue weighted by atomic mass is 10.4. The number of rotatable bonds is 4. The van der Waals surface area contributed by atoms with Gasteiger partial charge in [-0.25, -0.2) is 34.7 Å². The van der Waals surface area contributed by atoms with Crippen LogP contribution in [0.25, 0.3) is 9.69 Å². The molecule has 0 rings (SSSR count). The molecule has 0 atom stereocenters. The van der Waals surface area contributed by atoms with E-state index in [2.05, 4.69) is 25.1 Å². The predicted octanol–water partition coefficient (Wildman–Crippen LogP) is 0.976. The molecular formula is C10H21ClN4O4S2. The van der Waals surface area contributed by atoms with Gasteiger partial charge in [-0.1, -0.05) is 13.8 Å². The molecule has 0 fully saturated rings. The smallest absolute Gasteiger partial charge is 0.326 e. The number of halogens is 1. The Morgan fingerprint density at radius 3 is 1.52 bits per heavy atom. The van der Waals surface area contributed by atoms with Crippen molar-refractivity contribution in [2.45, 2.75) is 39.8 Å². The SMILES string of the molecule is CC(C)N.[C-]#[N+]CS(=O)(=O)Cl.[C-]#[N+]CS(=O)(=O)NC(C)C. The molecule has 0 heterocycles. The summed E-state index contributed by atoms with van der Waals surface area (Å²) in [6, 6.07) is 0.201. The normalized spacial score (nSPS) is 10.6. The minimum Gasteiger partial charge on any atom is -0.328 e. The molecule has 21 heavy (non-hydrogen) atoms. The topological polar surface area (TPSA) is 115 Å². The maximum atomic E-state index is 10.7. The summed E-state index contributed by atoms with van der Waals surface area (Å²) in [4.78, 5) is 5.30. The molecule has 0 unspecified atom stereocenters. The Hall–Kier alpha value is -0.910. The molecule has 3 N–H and O–H groups in total. The Kier molecular flexibility index (Phi) is 15.3. The number of nitrogens with zero attached hydrogens (tertiary/aromatic N) is 2. The lowest BCUT2D eigenvalue weighted by Crippen LogP contribution is -2.31. The van der Waals surface area contributed by atoms with Crippen molar-refractivity contribution < 1.29 is 16.8 Å². The van der Waals surface area contributed by atoms with E-state index in [1.807, 2.05) is 13.8 Å². The Morgan fingerprint density at radius 1 is 1.05 bits per heavy atom. The zero-order valence-corrected chi connectivity index (χ0v) is 14.8. The van der Waals surface area contributed by atoms with E-state index in [9.17, 15) is 16.8 Å². The Morgan fingerprint density at radius 2 is 1.38 bits per heavy atom. The number of nitrogens with two attached hydrogens (primary N) is 1. The van der Waals surface area contributed by atoms with Crippen molar-refractivity contribution in [1.82, 2.24) is 4.72 Å². The second kappa shape index (κ2) is 12.8. The van der Waals surface area contributed by atoms with Crippen molar-refractivity contribution in [2.24, 2.45) is 5.73 Å². The standard InChI is InChI=1S/C5H10N2O2S.C3H9N.C2H2ClNO2S/c1-5(2)7-10(8,9)4-6-3;1-3(2)4;1-4-2-7(3,5)6/h5,7H,4H2,1-2H3;3H,4H2,1-2H3;2H2. The van der Waals surface area contributed by atoms with Crippen molar-refractivity contribution in [3.05, 3.63) is 22.8 Å². The Balaban J connectivity index is -0.000000256. The molecule has 0 radical (unpaired) electrons. The first-order valence-corrected chi connectivity index (χ1v) is 9.74. The van der Waals surface area contributed by atoms with Crippen LogP contribution in [0.3, 0.4) is 0 Å². The van der Waals surface area contributed by atoms with Crippen LogP contribution in [0.2, 0.25) is 0 Å². The molecule has 8 nitrogen and oxygen atoms in total. The van der Waals surface area contributed by atoms with Gasteiger partial charge in [0.05, 0.1) is 0 Å². The largest absolute Gasteiger partial charge is 0.328 e. The van der Waals surface area contributed by atoms with Gasteiger partial charge in [0.15, 0.2) is 0 Å². The lowest BCUT2D eigenvalue weighted by molar-refractivity contribution is 0.573. The molecule has 0 spiro atoms. The van der Waals surface area contributed by atoms with Gasteiger partial charge in [-0.15, -0.1) is 0 Å². The highest BCUT2D eigenvalue weighted by atomic mass is 35.7. The fourth-order valence-electron chi connectivity index (χ4n) is 0.558. The van der Waals surface area contributed by atoms with Gasteiger partial charge in [-0.3, -0.25) is 9.69 Å². The van der Waals surface area contributed by atoms with Gasteiger partial charge in [0.25, 0.3) is 10.0 Å². The van der Waals surface area contributed by atoms with Crippen molar-refractivity contribution in [3.8, 4) is 0 Å². The molecule has 0 aliphatic heterocycles. The second-order valence-electron chi connectivity index (χ2n) is 4.24. The van der Waals surface area contributed by atoms with E-state index in [-0.39, 0.29) is 6.04 Å². The van der Waals surface area contributed by atoms with Crippen LogP contribution in [0.1, 0.15) is 27.7 Å². The van der Waals surface area contributed by atoms with Gasteiger partial charge in [-0.2, -0.15) is 0 Å². The molecule has 124 valence electrons. The maximum absolute atomic E-state index is 10.7. The molecule has 0 bridgehead atoms. The van der Waals surface area contributed by atoms with Crippen LogP contribution in [-0.4, -0.2) is 40.7 Å². The molecule has 0 saturated carbocycles. The van der Waals surface area contributed by atoms with E-state index in [4.69, 9.17) is 18.9 Å². The Labute approximate surface area is 131 Å². The first-order chi connectivity index (χ1) is 9.27. The first-order valence-electron chi connectivity index (χ1n) is 5.61. The second-order valence-corrected chi connectivity index (χ2v) is 8.71. The fourth-order valence-corrected chi connectivity index (χ4v) is 1.82. The van der Waals surface area contributed by atoms with Gasteiger partial charge < -0.3 is 5.73 Å². The van der Waals surface area contributed by atoms with Crippen LogP contribution in [0.4, 0.5) is 0 Å². The summed E-state index contributed by atoms with van der Waals surface area (Å²) in [6.45, 7) is 19.6. The summed E-state index contributed by atoms with van der Waals surface area (Å²) in [5.41, 5.74) is 5.11. The number of nitrogens with one attached hydrogen (secondary N) is 1. The first kappa shape index (κ1) is 25.1. The van der Waals surface area contributed by atoms with Gasteiger partial charge in [0.1, 0.15) is 0 Å². The predicted molar refractivity (Wildman–Crippen MR) is 84.2 cm³/mol. The average molecular weight is 361 g/mol. The van der Waals surface area contributed by atoms with Crippen LogP contribution in [0.5, 0.6) is 0 Å². The van der Waals surface area contributed by atoms with Crippen LogP contribution in [0, 0.1) is 13.1 Å². The molecule has 11 heteroatoms. The van der Waals surface area contributed by atoms with Gasteiger partial charge in [-0.05, 0) is 19.9 Å². The third-order valence-electron chi connectivity index (χ3n) is 0.869. The van der Waals surface area contributed by atoms with Crippen LogP contribution in [-0.2, 0) is 19.1 Å². The van der Waals surface area contributed by atoms with Crippen molar-refractivity contribution >= 4 is 29.8 Å². The monoisotopic (exact) mass is 360 g/mol. The molecule has 0 aromatic carbocycles. The number of hydrogen-bond acceptors (Lipinski definition) is 5. The third-order valence-corrected chi connectivity index (χ3v) is 2.90. The number of hydrogen-bond donors (Lipinski definition) is 2. The summed E-state index contributed by atoms with van der Waals surface area (Å²) in [5, 5.41) is 0. The van der Waals surface area contributed by atoms with Gasteiger partial charge in [0, 0.05) is 16.7 Å². The molecule has 0 aromatic heterocycles. The molecule has 0 aliphatic carbocycles. The lowest BCUT2D eigenvalue weighted by Gasteiger charge is -2.02. The van der Waals surface area contributed by atoms with Crippen LogP contribution < -0.4 is 10.5 Å². The highest BCUT2D eigenvalue weighted by Crippen LogP contribution is 1.94. The van der Waals surface area contributed by atoms with E-state index < -0.39 is 30.8 Å². The molecule has 0 aliphatic rings. The molecule has 0 amide bonds. The zero-order valence-electron chi connectivity index (χ0n) is 12.4. The van der Waals surface area contributed by atoms with Gasteiger partial charge in [0.2, 0.25) is 0 Å². The zero-order chi connectivity index (χ0) is 17.7. The highest BCUT2D eigenvalue weighted by Gasteiger charge is 2.13. The van der Waals surface area contributed by atoms with E-state index in [1.54, 1.807) is 13.8 Å². The number of sulfonamides is 1. The van der Waals surface area contributed by atoms with Gasteiger partial charge >= 0.3 is 20.8 Å². The molecule has 0 aromatic rings. The summed E-state index contributed by atoms with van der Waals surface area (Å²) in [5.74, 6) is -1.11. The minimum absolute atomic E-state index is 0.133. The maximum Gasteiger partial charge on any atom is 0.326 e. The third kappa shape index (κ3) is 38.1. The summed E-state index contributed by atoms with van der Waals surface area (Å²) in [7, 11) is -2.30. The van der Waals surface area contributed by atoms with E-state index in [1.165, 1.54) is 0 Å². The fraction of sp³-hybridized carbons (Fsp3) is 0.800. The van der Waals surface area contributed by atoms with Crippen LogP contribution in [0.15, 0.2) is 0 Å². The Bertz CT molecular complexity index is 542. The van der Waals surface area contributed by atoms with E-state index in [0.717, 1.165) is 0 Å². The molecule has 0 saturated heterocycles. The quantitative estimate of drug-likeness (QED) is 0.572.